The van der Waals surface area contributed by atoms with Gasteiger partial charge in [0.15, 0.2) is 0 Å². The van der Waals surface area contributed by atoms with Crippen LogP contribution in [0.2, 0.25) is 5.02 Å². The predicted molar refractivity (Wildman–Crippen MR) is 151 cm³/mol. The van der Waals surface area contributed by atoms with E-state index >= 15 is 0 Å². The van der Waals surface area contributed by atoms with Crippen LogP contribution in [0.3, 0.4) is 0 Å². The van der Waals surface area contributed by atoms with Crippen molar-refractivity contribution in [3.8, 4) is 0 Å². The molecular formula is C31H36ClN3O2. The molecule has 2 amide bonds. The molecule has 4 rings (SSSR count). The summed E-state index contributed by atoms with van der Waals surface area (Å²) in [5, 5.41) is 6.79. The predicted octanol–water partition coefficient (Wildman–Crippen LogP) is 6.68. The summed E-state index contributed by atoms with van der Waals surface area (Å²) < 4.78 is 0. The van der Waals surface area contributed by atoms with Crippen LogP contribution in [0.15, 0.2) is 78.9 Å². The molecule has 0 unspecified atom stereocenters. The van der Waals surface area contributed by atoms with Crippen LogP contribution in [0, 0.1) is 5.92 Å². The van der Waals surface area contributed by atoms with Crippen LogP contribution in [0.4, 0.5) is 5.69 Å². The fourth-order valence-electron chi connectivity index (χ4n) is 4.84. The van der Waals surface area contributed by atoms with Gasteiger partial charge in [0.2, 0.25) is 5.91 Å². The lowest BCUT2D eigenvalue weighted by Gasteiger charge is -2.33. The highest BCUT2D eigenvalue weighted by Gasteiger charge is 2.23. The molecule has 0 saturated carbocycles. The Bertz CT molecular complexity index is 1190. The second kappa shape index (κ2) is 12.9. The molecule has 1 aliphatic rings. The monoisotopic (exact) mass is 517 g/mol. The van der Waals surface area contributed by atoms with E-state index in [0.717, 1.165) is 50.1 Å². The third kappa shape index (κ3) is 7.67. The summed E-state index contributed by atoms with van der Waals surface area (Å²) in [6.07, 6.45) is 2.98. The van der Waals surface area contributed by atoms with Crippen molar-refractivity contribution in [2.45, 2.75) is 45.1 Å². The Morgan fingerprint density at radius 1 is 0.946 bits per heavy atom. The summed E-state index contributed by atoms with van der Waals surface area (Å²) in [6.45, 7) is 6.74. The molecule has 1 aliphatic heterocycles. The second-order valence-electron chi connectivity index (χ2n) is 10.1. The van der Waals surface area contributed by atoms with E-state index < -0.39 is 0 Å². The van der Waals surface area contributed by atoms with Crippen LogP contribution < -0.4 is 10.6 Å². The zero-order valence-electron chi connectivity index (χ0n) is 21.6. The van der Waals surface area contributed by atoms with Crippen molar-refractivity contribution >= 4 is 29.1 Å². The number of piperidine rings is 1. The lowest BCUT2D eigenvalue weighted by atomic mass is 9.89. The van der Waals surface area contributed by atoms with E-state index in [-0.39, 0.29) is 23.8 Å². The van der Waals surface area contributed by atoms with Crippen molar-refractivity contribution < 1.29 is 9.59 Å². The van der Waals surface area contributed by atoms with Crippen molar-refractivity contribution in [3.63, 3.8) is 0 Å². The SMILES string of the molecule is CC(C)C(=O)Nc1cccc(C2CCN(CC[C@H](NC(=O)c3cccc(Cl)c3)c3ccccc3)CC2)c1. The molecule has 1 saturated heterocycles. The zero-order valence-corrected chi connectivity index (χ0v) is 22.4. The van der Waals surface area contributed by atoms with Gasteiger partial charge in [-0.2, -0.15) is 0 Å². The quantitative estimate of drug-likeness (QED) is 0.333. The molecular weight excluding hydrogens is 482 g/mol. The number of hydrogen-bond acceptors (Lipinski definition) is 3. The lowest BCUT2D eigenvalue weighted by Crippen LogP contribution is -2.36. The number of likely N-dealkylation sites (tertiary alicyclic amines) is 1. The Kier molecular flexibility index (Phi) is 9.37. The highest BCUT2D eigenvalue weighted by Crippen LogP contribution is 2.30. The summed E-state index contributed by atoms with van der Waals surface area (Å²) in [4.78, 5) is 27.5. The smallest absolute Gasteiger partial charge is 0.251 e. The molecule has 5 nitrogen and oxygen atoms in total. The molecule has 0 aromatic heterocycles. The summed E-state index contributed by atoms with van der Waals surface area (Å²) >= 11 is 6.10. The van der Waals surface area contributed by atoms with Gasteiger partial charge >= 0.3 is 0 Å². The largest absolute Gasteiger partial charge is 0.345 e. The van der Waals surface area contributed by atoms with Crippen LogP contribution in [-0.2, 0) is 4.79 Å². The summed E-state index contributed by atoms with van der Waals surface area (Å²) in [5.41, 5.74) is 3.84. The van der Waals surface area contributed by atoms with Crippen LogP contribution >= 0.6 is 11.6 Å². The third-order valence-electron chi connectivity index (χ3n) is 7.07. The van der Waals surface area contributed by atoms with Gasteiger partial charge in [0.1, 0.15) is 0 Å². The number of rotatable bonds is 9. The Hall–Kier alpha value is -3.15. The number of hydrogen-bond donors (Lipinski definition) is 2. The standard InChI is InChI=1S/C31H36ClN3O2/c1-22(2)30(36)33-28-13-7-10-25(21-28)23-14-17-35(18-15-23)19-16-29(24-8-4-3-5-9-24)34-31(37)26-11-6-12-27(32)20-26/h3-13,20-23,29H,14-19H2,1-2H3,(H,33,36)(H,34,37)/t29-/m0/s1. The van der Waals surface area contributed by atoms with E-state index in [1.165, 1.54) is 5.56 Å². The summed E-state index contributed by atoms with van der Waals surface area (Å²) in [6, 6.07) is 25.4. The van der Waals surface area contributed by atoms with Gasteiger partial charge in [0, 0.05) is 28.7 Å². The molecule has 0 aliphatic carbocycles. The topological polar surface area (TPSA) is 61.4 Å². The third-order valence-corrected chi connectivity index (χ3v) is 7.30. The molecule has 1 atom stereocenters. The molecule has 6 heteroatoms. The number of halogens is 1. The minimum absolute atomic E-state index is 0.0399. The van der Waals surface area contributed by atoms with Gasteiger partial charge in [-0.1, -0.05) is 74.0 Å². The first kappa shape index (κ1) is 26.9. The number of amides is 2. The maximum absolute atomic E-state index is 13.0. The highest BCUT2D eigenvalue weighted by atomic mass is 35.5. The first-order chi connectivity index (χ1) is 17.9. The van der Waals surface area contributed by atoms with E-state index in [1.54, 1.807) is 24.3 Å². The van der Waals surface area contributed by atoms with Crippen molar-refractivity contribution in [1.29, 1.82) is 0 Å². The zero-order chi connectivity index (χ0) is 26.2. The number of nitrogens with zero attached hydrogens (tertiary/aromatic N) is 1. The van der Waals surface area contributed by atoms with Gasteiger partial charge in [-0.05, 0) is 79.7 Å². The molecule has 3 aromatic rings. The van der Waals surface area contributed by atoms with E-state index in [9.17, 15) is 9.59 Å². The van der Waals surface area contributed by atoms with Gasteiger partial charge in [0.05, 0.1) is 6.04 Å². The van der Waals surface area contributed by atoms with E-state index in [4.69, 9.17) is 11.6 Å². The van der Waals surface area contributed by atoms with Gasteiger partial charge in [-0.15, -0.1) is 0 Å². The van der Waals surface area contributed by atoms with Crippen LogP contribution in [0.1, 0.15) is 66.6 Å². The minimum Gasteiger partial charge on any atom is -0.345 e. The van der Waals surface area contributed by atoms with Gasteiger partial charge < -0.3 is 15.5 Å². The Labute approximate surface area is 225 Å². The van der Waals surface area contributed by atoms with Crippen LogP contribution in [0.25, 0.3) is 0 Å². The normalized spacial score (nSPS) is 15.4. The fourth-order valence-corrected chi connectivity index (χ4v) is 5.03. The second-order valence-corrected chi connectivity index (χ2v) is 10.6. The van der Waals surface area contributed by atoms with Gasteiger partial charge in [-0.3, -0.25) is 9.59 Å². The van der Waals surface area contributed by atoms with Crippen molar-refractivity contribution in [1.82, 2.24) is 10.2 Å². The molecule has 3 aromatic carbocycles. The van der Waals surface area contributed by atoms with Gasteiger partial charge in [-0.25, -0.2) is 0 Å². The first-order valence-corrected chi connectivity index (χ1v) is 13.5. The van der Waals surface area contributed by atoms with Crippen LogP contribution in [0.5, 0.6) is 0 Å². The number of anilines is 1. The molecule has 37 heavy (non-hydrogen) atoms. The average molecular weight is 518 g/mol. The van der Waals surface area contributed by atoms with Crippen molar-refractivity contribution in [2.24, 2.45) is 5.92 Å². The Morgan fingerprint density at radius 3 is 2.38 bits per heavy atom. The molecule has 1 fully saturated rings. The van der Waals surface area contributed by atoms with E-state index in [1.807, 2.05) is 44.2 Å². The van der Waals surface area contributed by atoms with Crippen molar-refractivity contribution in [3.05, 3.63) is 101 Å². The lowest BCUT2D eigenvalue weighted by molar-refractivity contribution is -0.118. The molecule has 2 N–H and O–H groups in total. The Balaban J connectivity index is 1.34. The number of nitrogens with one attached hydrogen (secondary N) is 2. The average Bonchev–Trinajstić information content (AvgIpc) is 2.92. The van der Waals surface area contributed by atoms with Crippen LogP contribution in [-0.4, -0.2) is 36.3 Å². The highest BCUT2D eigenvalue weighted by molar-refractivity contribution is 6.30. The van der Waals surface area contributed by atoms with E-state index in [2.05, 4.69) is 39.8 Å². The molecule has 0 spiro atoms. The fraction of sp³-hybridized carbons (Fsp3) is 0.355. The summed E-state index contributed by atoms with van der Waals surface area (Å²) in [7, 11) is 0. The Morgan fingerprint density at radius 2 is 1.68 bits per heavy atom. The maximum atomic E-state index is 13.0. The number of carbonyl (C=O) groups excluding carboxylic acids is 2. The number of carbonyl (C=O) groups is 2. The minimum atomic E-state index is -0.112. The maximum Gasteiger partial charge on any atom is 0.251 e. The molecule has 0 radical (unpaired) electrons. The molecule has 1 heterocycles. The van der Waals surface area contributed by atoms with E-state index in [0.29, 0.717) is 16.5 Å². The number of benzene rings is 3. The van der Waals surface area contributed by atoms with Gasteiger partial charge in [0.25, 0.3) is 5.91 Å². The first-order valence-electron chi connectivity index (χ1n) is 13.1. The summed E-state index contributed by atoms with van der Waals surface area (Å²) in [5.74, 6) is 0.378. The molecule has 0 bridgehead atoms. The van der Waals surface area contributed by atoms with Crippen molar-refractivity contribution in [2.75, 3.05) is 25.0 Å². The molecule has 194 valence electrons.